The SMILES string of the molecule is CC(C)CC(CC(C)C)N1C2CCC1C(C(=O)O)C2. The van der Waals surface area contributed by atoms with Crippen LogP contribution in [0.4, 0.5) is 0 Å². The molecule has 0 aromatic rings. The molecule has 0 amide bonds. The van der Waals surface area contributed by atoms with Crippen LogP contribution in [0, 0.1) is 17.8 Å². The molecule has 19 heavy (non-hydrogen) atoms. The fourth-order valence-corrected chi connectivity index (χ4v) is 4.29. The Bertz CT molecular complexity index is 317. The van der Waals surface area contributed by atoms with Crippen LogP contribution in [0.5, 0.6) is 0 Å². The molecule has 0 aromatic carbocycles. The summed E-state index contributed by atoms with van der Waals surface area (Å²) in [7, 11) is 0. The van der Waals surface area contributed by atoms with Gasteiger partial charge in [-0.2, -0.15) is 0 Å². The van der Waals surface area contributed by atoms with Crippen molar-refractivity contribution in [3.63, 3.8) is 0 Å². The third-order valence-corrected chi connectivity index (χ3v) is 4.82. The van der Waals surface area contributed by atoms with Gasteiger partial charge in [-0.1, -0.05) is 27.7 Å². The number of hydrogen-bond acceptors (Lipinski definition) is 2. The van der Waals surface area contributed by atoms with E-state index in [1.165, 1.54) is 19.3 Å². The predicted molar refractivity (Wildman–Crippen MR) is 77.1 cm³/mol. The van der Waals surface area contributed by atoms with Crippen molar-refractivity contribution in [2.75, 3.05) is 0 Å². The van der Waals surface area contributed by atoms with Gasteiger partial charge in [-0.3, -0.25) is 9.69 Å². The fourth-order valence-electron chi connectivity index (χ4n) is 4.29. The molecule has 0 radical (unpaired) electrons. The highest BCUT2D eigenvalue weighted by Crippen LogP contribution is 2.44. The number of carbonyl (C=O) groups is 1. The molecule has 0 saturated carbocycles. The average Bonchev–Trinajstić information content (AvgIpc) is 2.83. The van der Waals surface area contributed by atoms with Gasteiger partial charge in [0.15, 0.2) is 0 Å². The zero-order valence-electron chi connectivity index (χ0n) is 12.8. The minimum Gasteiger partial charge on any atom is -0.481 e. The maximum Gasteiger partial charge on any atom is 0.308 e. The minimum atomic E-state index is -0.579. The Morgan fingerprint density at radius 3 is 2.16 bits per heavy atom. The highest BCUT2D eigenvalue weighted by molar-refractivity contribution is 5.71. The van der Waals surface area contributed by atoms with Crippen molar-refractivity contribution in [3.05, 3.63) is 0 Å². The Labute approximate surface area is 117 Å². The lowest BCUT2D eigenvalue weighted by Gasteiger charge is -2.35. The molecule has 2 heterocycles. The molecular weight excluding hydrogens is 238 g/mol. The van der Waals surface area contributed by atoms with Crippen LogP contribution >= 0.6 is 0 Å². The summed E-state index contributed by atoms with van der Waals surface area (Å²) < 4.78 is 0. The van der Waals surface area contributed by atoms with E-state index in [4.69, 9.17) is 0 Å². The maximum absolute atomic E-state index is 11.4. The van der Waals surface area contributed by atoms with E-state index in [-0.39, 0.29) is 5.92 Å². The number of nitrogens with zero attached hydrogens (tertiary/aromatic N) is 1. The second-order valence-electron chi connectivity index (χ2n) is 7.34. The molecule has 0 spiro atoms. The van der Waals surface area contributed by atoms with Crippen molar-refractivity contribution in [3.8, 4) is 0 Å². The molecule has 0 aliphatic carbocycles. The predicted octanol–water partition coefficient (Wildman–Crippen LogP) is 3.38. The molecule has 0 aromatic heterocycles. The molecule has 1 N–H and O–H groups in total. The molecule has 2 saturated heterocycles. The summed E-state index contributed by atoms with van der Waals surface area (Å²) >= 11 is 0. The number of fused-ring (bicyclic) bond motifs is 2. The van der Waals surface area contributed by atoms with Crippen LogP contribution in [-0.2, 0) is 4.79 Å². The first-order chi connectivity index (χ1) is 8.90. The molecule has 3 nitrogen and oxygen atoms in total. The van der Waals surface area contributed by atoms with Crippen molar-refractivity contribution in [2.24, 2.45) is 17.8 Å². The molecule has 3 heteroatoms. The quantitative estimate of drug-likeness (QED) is 0.802. The number of carboxylic acid groups (broad SMARTS) is 1. The normalized spacial score (nSPS) is 31.0. The van der Waals surface area contributed by atoms with Gasteiger partial charge in [-0.25, -0.2) is 0 Å². The summed E-state index contributed by atoms with van der Waals surface area (Å²) in [4.78, 5) is 14.0. The van der Waals surface area contributed by atoms with Crippen molar-refractivity contribution in [2.45, 2.75) is 77.9 Å². The van der Waals surface area contributed by atoms with E-state index < -0.39 is 5.97 Å². The van der Waals surface area contributed by atoms with Crippen LogP contribution in [0.15, 0.2) is 0 Å². The first-order valence-corrected chi connectivity index (χ1v) is 7.90. The largest absolute Gasteiger partial charge is 0.481 e. The Morgan fingerprint density at radius 2 is 1.74 bits per heavy atom. The van der Waals surface area contributed by atoms with Gasteiger partial charge in [-0.15, -0.1) is 0 Å². The molecule has 2 bridgehead atoms. The second-order valence-corrected chi connectivity index (χ2v) is 7.34. The minimum absolute atomic E-state index is 0.111. The Morgan fingerprint density at radius 1 is 1.16 bits per heavy atom. The zero-order valence-corrected chi connectivity index (χ0v) is 12.8. The Balaban J connectivity index is 2.11. The summed E-state index contributed by atoms with van der Waals surface area (Å²) in [5.41, 5.74) is 0. The Kier molecular flexibility index (Phi) is 4.54. The van der Waals surface area contributed by atoms with Gasteiger partial charge in [0.05, 0.1) is 5.92 Å². The number of carboxylic acids is 1. The van der Waals surface area contributed by atoms with Crippen molar-refractivity contribution in [1.82, 2.24) is 4.90 Å². The van der Waals surface area contributed by atoms with Gasteiger partial charge in [0.1, 0.15) is 0 Å². The van der Waals surface area contributed by atoms with Crippen LogP contribution in [0.2, 0.25) is 0 Å². The van der Waals surface area contributed by atoms with Gasteiger partial charge >= 0.3 is 5.97 Å². The Hall–Kier alpha value is -0.570. The zero-order chi connectivity index (χ0) is 14.2. The van der Waals surface area contributed by atoms with E-state index in [9.17, 15) is 9.90 Å². The smallest absolute Gasteiger partial charge is 0.308 e. The third kappa shape index (κ3) is 3.13. The average molecular weight is 267 g/mol. The van der Waals surface area contributed by atoms with Gasteiger partial charge in [0.2, 0.25) is 0 Å². The summed E-state index contributed by atoms with van der Waals surface area (Å²) in [5.74, 6) is 0.685. The standard InChI is InChI=1S/C16H29NO2/c1-10(2)7-13(8-11(3)4)17-12-5-6-15(17)14(9-12)16(18)19/h10-15H,5-9H2,1-4H3,(H,18,19). The first-order valence-electron chi connectivity index (χ1n) is 7.90. The van der Waals surface area contributed by atoms with E-state index in [2.05, 4.69) is 32.6 Å². The molecule has 110 valence electrons. The molecule has 3 unspecified atom stereocenters. The number of rotatable bonds is 6. The highest BCUT2D eigenvalue weighted by atomic mass is 16.4. The van der Waals surface area contributed by atoms with E-state index >= 15 is 0 Å². The van der Waals surface area contributed by atoms with Gasteiger partial charge in [0.25, 0.3) is 0 Å². The molecule has 3 atom stereocenters. The molecule has 2 aliphatic rings. The lowest BCUT2D eigenvalue weighted by molar-refractivity contribution is -0.142. The lowest BCUT2D eigenvalue weighted by Crippen LogP contribution is -2.42. The van der Waals surface area contributed by atoms with Gasteiger partial charge in [-0.05, 0) is 43.9 Å². The van der Waals surface area contributed by atoms with Gasteiger partial charge in [0, 0.05) is 18.1 Å². The third-order valence-electron chi connectivity index (χ3n) is 4.82. The number of hydrogen-bond donors (Lipinski definition) is 1. The van der Waals surface area contributed by atoms with E-state index in [1.807, 2.05) is 0 Å². The van der Waals surface area contributed by atoms with E-state index in [0.29, 0.717) is 30.0 Å². The van der Waals surface area contributed by atoms with E-state index in [1.54, 1.807) is 0 Å². The van der Waals surface area contributed by atoms with Crippen LogP contribution in [0.25, 0.3) is 0 Å². The summed E-state index contributed by atoms with van der Waals surface area (Å²) in [6.07, 6.45) is 5.59. The second kappa shape index (κ2) is 5.82. The molecule has 2 rings (SSSR count). The van der Waals surface area contributed by atoms with Crippen LogP contribution < -0.4 is 0 Å². The highest BCUT2D eigenvalue weighted by Gasteiger charge is 2.51. The molecule has 2 aliphatic heterocycles. The van der Waals surface area contributed by atoms with E-state index in [0.717, 1.165) is 12.8 Å². The summed E-state index contributed by atoms with van der Waals surface area (Å²) in [6.45, 7) is 9.11. The fraction of sp³-hybridized carbons (Fsp3) is 0.938. The van der Waals surface area contributed by atoms with Crippen molar-refractivity contribution in [1.29, 1.82) is 0 Å². The first kappa shape index (κ1) is 14.8. The summed E-state index contributed by atoms with van der Waals surface area (Å²) in [6, 6.07) is 1.43. The van der Waals surface area contributed by atoms with Crippen molar-refractivity contribution < 1.29 is 9.90 Å². The van der Waals surface area contributed by atoms with Crippen LogP contribution in [0.1, 0.15) is 59.8 Å². The maximum atomic E-state index is 11.4. The number of aliphatic carboxylic acids is 1. The lowest BCUT2D eigenvalue weighted by atomic mass is 9.89. The van der Waals surface area contributed by atoms with Gasteiger partial charge < -0.3 is 5.11 Å². The van der Waals surface area contributed by atoms with Crippen LogP contribution in [0.3, 0.4) is 0 Å². The topological polar surface area (TPSA) is 40.5 Å². The van der Waals surface area contributed by atoms with Crippen LogP contribution in [-0.4, -0.2) is 34.1 Å². The monoisotopic (exact) mass is 267 g/mol. The molecular formula is C16H29NO2. The van der Waals surface area contributed by atoms with Crippen molar-refractivity contribution >= 4 is 5.97 Å². The summed E-state index contributed by atoms with van der Waals surface area (Å²) in [5, 5.41) is 9.37. The molecule has 2 fully saturated rings.